The quantitative estimate of drug-likeness (QED) is 0.832. The van der Waals surface area contributed by atoms with Crippen molar-refractivity contribution in [2.45, 2.75) is 39.5 Å². The molecule has 0 N–H and O–H groups in total. The van der Waals surface area contributed by atoms with Crippen molar-refractivity contribution in [3.63, 3.8) is 0 Å². The zero-order chi connectivity index (χ0) is 17.2. The van der Waals surface area contributed by atoms with Crippen LogP contribution in [0.25, 0.3) is 0 Å². The lowest BCUT2D eigenvalue weighted by Crippen LogP contribution is -2.40. The Morgan fingerprint density at radius 3 is 1.86 bits per heavy atom. The van der Waals surface area contributed by atoms with Gasteiger partial charge in [-0.2, -0.15) is 4.31 Å². The molecule has 0 fully saturated rings. The minimum atomic E-state index is -3.70. The van der Waals surface area contributed by atoms with Gasteiger partial charge in [-0.15, -0.1) is 0 Å². The van der Waals surface area contributed by atoms with Crippen LogP contribution in [0, 0.1) is 27.7 Å². The summed E-state index contributed by atoms with van der Waals surface area (Å²) < 4.78 is 27.3. The maximum absolute atomic E-state index is 13.0. The summed E-state index contributed by atoms with van der Waals surface area (Å²) in [7, 11) is -0.458. The van der Waals surface area contributed by atoms with E-state index in [1.807, 2.05) is 33.8 Å². The summed E-state index contributed by atoms with van der Waals surface area (Å²) in [4.78, 5) is 13.6. The van der Waals surface area contributed by atoms with Gasteiger partial charge in [-0.25, -0.2) is 8.42 Å². The van der Waals surface area contributed by atoms with Crippen LogP contribution in [0.5, 0.6) is 0 Å². The molecule has 0 bridgehead atoms. The largest absolute Gasteiger partial charge is 0.348 e. The van der Waals surface area contributed by atoms with E-state index in [2.05, 4.69) is 0 Å². The highest BCUT2D eigenvalue weighted by molar-refractivity contribution is 7.89. The Hall–Kier alpha value is -1.40. The van der Waals surface area contributed by atoms with Crippen molar-refractivity contribution >= 4 is 15.9 Å². The molecule has 0 atom stereocenters. The van der Waals surface area contributed by atoms with Gasteiger partial charge in [0.15, 0.2) is 0 Å². The van der Waals surface area contributed by atoms with Gasteiger partial charge < -0.3 is 4.90 Å². The SMILES string of the molecule is CCN(CC(=O)N(C)C)S(=O)(=O)c1c(C)c(C)cc(C)c1C. The first kappa shape index (κ1) is 18.6. The first-order valence-electron chi connectivity index (χ1n) is 7.31. The number of amides is 1. The fourth-order valence-electron chi connectivity index (χ4n) is 2.36. The van der Waals surface area contributed by atoms with Crippen LogP contribution in [0.3, 0.4) is 0 Å². The Balaban J connectivity index is 3.43. The van der Waals surface area contributed by atoms with Crippen molar-refractivity contribution in [2.24, 2.45) is 0 Å². The smallest absolute Gasteiger partial charge is 0.244 e. The van der Waals surface area contributed by atoms with Crippen molar-refractivity contribution in [1.82, 2.24) is 9.21 Å². The molecule has 22 heavy (non-hydrogen) atoms. The molecule has 0 aliphatic carbocycles. The number of hydrogen-bond acceptors (Lipinski definition) is 3. The standard InChI is InChI=1S/C16H26N2O3S/c1-8-18(10-15(19)17(6)7)22(20,21)16-13(4)11(2)9-12(3)14(16)5/h9H,8,10H2,1-7H3. The lowest BCUT2D eigenvalue weighted by atomic mass is 10.0. The highest BCUT2D eigenvalue weighted by Crippen LogP contribution is 2.28. The minimum absolute atomic E-state index is 0.141. The minimum Gasteiger partial charge on any atom is -0.348 e. The van der Waals surface area contributed by atoms with Gasteiger partial charge >= 0.3 is 0 Å². The second kappa shape index (κ2) is 6.79. The van der Waals surface area contributed by atoms with Crippen molar-refractivity contribution < 1.29 is 13.2 Å². The number of rotatable bonds is 5. The van der Waals surface area contributed by atoms with Crippen molar-refractivity contribution in [1.29, 1.82) is 0 Å². The molecule has 5 nitrogen and oxygen atoms in total. The summed E-state index contributed by atoms with van der Waals surface area (Å²) in [5.74, 6) is -0.231. The van der Waals surface area contributed by atoms with E-state index in [0.717, 1.165) is 22.3 Å². The molecule has 0 spiro atoms. The summed E-state index contributed by atoms with van der Waals surface area (Å²) in [6.45, 7) is 9.30. The van der Waals surface area contributed by atoms with Crippen LogP contribution in [-0.2, 0) is 14.8 Å². The molecule has 0 aliphatic heterocycles. The highest BCUT2D eigenvalue weighted by Gasteiger charge is 2.29. The third-order valence-electron chi connectivity index (χ3n) is 4.06. The van der Waals surface area contributed by atoms with Gasteiger partial charge in [0.05, 0.1) is 11.4 Å². The van der Waals surface area contributed by atoms with Crippen LogP contribution in [-0.4, -0.2) is 50.7 Å². The summed E-state index contributed by atoms with van der Waals surface area (Å²) in [5.41, 5.74) is 3.38. The van der Waals surface area contributed by atoms with E-state index in [-0.39, 0.29) is 19.0 Å². The molecule has 6 heteroatoms. The molecule has 0 aliphatic rings. The Bertz CT molecular complexity index is 653. The summed E-state index contributed by atoms with van der Waals surface area (Å²) >= 11 is 0. The number of nitrogens with zero attached hydrogens (tertiary/aromatic N) is 2. The monoisotopic (exact) mass is 326 g/mol. The van der Waals surface area contributed by atoms with Crippen LogP contribution in [0.4, 0.5) is 0 Å². The molecular formula is C16H26N2O3S. The Kier molecular flexibility index (Phi) is 5.76. The molecule has 1 amide bonds. The van der Waals surface area contributed by atoms with Crippen LogP contribution in [0.1, 0.15) is 29.2 Å². The number of carbonyl (C=O) groups excluding carboxylic acids is 1. The maximum Gasteiger partial charge on any atom is 0.244 e. The first-order valence-corrected chi connectivity index (χ1v) is 8.75. The average molecular weight is 326 g/mol. The third kappa shape index (κ3) is 3.50. The zero-order valence-corrected chi connectivity index (χ0v) is 15.3. The van der Waals surface area contributed by atoms with E-state index in [1.54, 1.807) is 21.0 Å². The number of carbonyl (C=O) groups is 1. The number of likely N-dealkylation sites (N-methyl/N-ethyl adjacent to an activating group) is 2. The van der Waals surface area contributed by atoms with E-state index < -0.39 is 10.0 Å². The van der Waals surface area contributed by atoms with Gasteiger partial charge in [0.25, 0.3) is 0 Å². The maximum atomic E-state index is 13.0. The molecule has 1 aromatic rings. The molecule has 0 heterocycles. The zero-order valence-electron chi connectivity index (χ0n) is 14.5. The topological polar surface area (TPSA) is 57.7 Å². The predicted molar refractivity (Wildman–Crippen MR) is 88.5 cm³/mol. The van der Waals surface area contributed by atoms with E-state index >= 15 is 0 Å². The summed E-state index contributed by atoms with van der Waals surface area (Å²) in [6, 6.07) is 1.99. The number of benzene rings is 1. The second-order valence-electron chi connectivity index (χ2n) is 5.81. The number of sulfonamides is 1. The Morgan fingerprint density at radius 1 is 1.05 bits per heavy atom. The van der Waals surface area contributed by atoms with Gasteiger partial charge in [-0.3, -0.25) is 4.79 Å². The fourth-order valence-corrected chi connectivity index (χ4v) is 4.33. The lowest BCUT2D eigenvalue weighted by molar-refractivity contribution is -0.128. The Labute approximate surface area is 134 Å². The summed E-state index contributed by atoms with van der Waals surface area (Å²) in [6.07, 6.45) is 0. The third-order valence-corrected chi connectivity index (χ3v) is 6.25. The van der Waals surface area contributed by atoms with Crippen molar-refractivity contribution in [3.8, 4) is 0 Å². The van der Waals surface area contributed by atoms with Crippen molar-refractivity contribution in [3.05, 3.63) is 28.3 Å². The van der Waals surface area contributed by atoms with Crippen LogP contribution < -0.4 is 0 Å². The van der Waals surface area contributed by atoms with E-state index in [0.29, 0.717) is 4.90 Å². The van der Waals surface area contributed by atoms with Crippen LogP contribution in [0.15, 0.2) is 11.0 Å². The molecule has 0 saturated heterocycles. The molecule has 0 radical (unpaired) electrons. The van der Waals surface area contributed by atoms with Gasteiger partial charge in [-0.05, 0) is 49.9 Å². The Morgan fingerprint density at radius 2 is 1.50 bits per heavy atom. The second-order valence-corrected chi connectivity index (χ2v) is 7.68. The number of hydrogen-bond donors (Lipinski definition) is 0. The van der Waals surface area contributed by atoms with E-state index in [4.69, 9.17) is 0 Å². The molecule has 0 saturated carbocycles. The predicted octanol–water partition coefficient (Wildman–Crippen LogP) is 2.02. The van der Waals surface area contributed by atoms with Crippen LogP contribution >= 0.6 is 0 Å². The molecular weight excluding hydrogens is 300 g/mol. The van der Waals surface area contributed by atoms with E-state index in [1.165, 1.54) is 9.21 Å². The highest BCUT2D eigenvalue weighted by atomic mass is 32.2. The molecule has 124 valence electrons. The molecule has 0 aromatic heterocycles. The van der Waals surface area contributed by atoms with Crippen LogP contribution in [0.2, 0.25) is 0 Å². The van der Waals surface area contributed by atoms with E-state index in [9.17, 15) is 13.2 Å². The fraction of sp³-hybridized carbons (Fsp3) is 0.562. The molecule has 1 aromatic carbocycles. The molecule has 1 rings (SSSR count). The van der Waals surface area contributed by atoms with Gasteiger partial charge in [0.2, 0.25) is 15.9 Å². The molecule has 0 unspecified atom stereocenters. The van der Waals surface area contributed by atoms with Gasteiger partial charge in [-0.1, -0.05) is 13.0 Å². The van der Waals surface area contributed by atoms with Crippen molar-refractivity contribution in [2.75, 3.05) is 27.2 Å². The average Bonchev–Trinajstić information content (AvgIpc) is 2.41. The first-order chi connectivity index (χ1) is 10.0. The van der Waals surface area contributed by atoms with Gasteiger partial charge in [0.1, 0.15) is 0 Å². The summed E-state index contributed by atoms with van der Waals surface area (Å²) in [5, 5.41) is 0. The number of aryl methyl sites for hydroxylation is 2. The van der Waals surface area contributed by atoms with Gasteiger partial charge in [0, 0.05) is 20.6 Å². The normalized spacial score (nSPS) is 11.8. The lowest BCUT2D eigenvalue weighted by Gasteiger charge is -2.25.